The Morgan fingerprint density at radius 1 is 1.30 bits per heavy atom. The lowest BCUT2D eigenvalue weighted by Crippen LogP contribution is -2.43. The molecule has 20 heavy (non-hydrogen) atoms. The van der Waals surface area contributed by atoms with E-state index in [0.29, 0.717) is 6.04 Å². The van der Waals surface area contributed by atoms with Gasteiger partial charge < -0.3 is 10.2 Å². The van der Waals surface area contributed by atoms with Gasteiger partial charge in [0.1, 0.15) is 0 Å². The summed E-state index contributed by atoms with van der Waals surface area (Å²) < 4.78 is 0. The first-order valence-corrected chi connectivity index (χ1v) is 7.84. The Morgan fingerprint density at radius 2 is 2.15 bits per heavy atom. The number of rotatable bonds is 3. The van der Waals surface area contributed by atoms with Gasteiger partial charge in [-0.05, 0) is 49.8 Å². The van der Waals surface area contributed by atoms with Crippen LogP contribution in [0.2, 0.25) is 0 Å². The molecule has 1 heterocycles. The van der Waals surface area contributed by atoms with Crippen molar-refractivity contribution >= 4 is 5.91 Å². The van der Waals surface area contributed by atoms with Gasteiger partial charge in [0.25, 0.3) is 0 Å². The lowest BCUT2D eigenvalue weighted by molar-refractivity contribution is -0.132. The van der Waals surface area contributed by atoms with Crippen molar-refractivity contribution in [3.63, 3.8) is 0 Å². The highest BCUT2D eigenvalue weighted by molar-refractivity contribution is 5.74. The number of nitrogens with one attached hydrogen (secondary N) is 1. The standard InChI is InChI=1S/C17H24N2O/c1-13(20)19(12-15-8-5-11-18-15)17-10-4-7-14-6-2-3-9-16(14)17/h2-3,6,9,15,17-18H,4-5,7-8,10-12H2,1H3/t15-,17+/m0/s1. The van der Waals surface area contributed by atoms with Crippen LogP contribution in [0.15, 0.2) is 24.3 Å². The fourth-order valence-corrected chi connectivity index (χ4v) is 3.68. The maximum absolute atomic E-state index is 12.1. The second kappa shape index (κ2) is 5.96. The summed E-state index contributed by atoms with van der Waals surface area (Å²) >= 11 is 0. The molecule has 0 aromatic heterocycles. The predicted octanol–water partition coefficient (Wildman–Crippen LogP) is 2.66. The zero-order valence-electron chi connectivity index (χ0n) is 12.3. The first kappa shape index (κ1) is 13.6. The second-order valence-corrected chi connectivity index (χ2v) is 6.07. The number of carbonyl (C=O) groups is 1. The van der Waals surface area contributed by atoms with Crippen LogP contribution >= 0.6 is 0 Å². The summed E-state index contributed by atoms with van der Waals surface area (Å²) in [6, 6.07) is 9.39. The summed E-state index contributed by atoms with van der Waals surface area (Å²) in [5.74, 6) is 0.209. The molecule has 2 aliphatic rings. The average molecular weight is 272 g/mol. The molecule has 0 unspecified atom stereocenters. The van der Waals surface area contributed by atoms with Crippen molar-refractivity contribution in [1.29, 1.82) is 0 Å². The Morgan fingerprint density at radius 3 is 2.90 bits per heavy atom. The van der Waals surface area contributed by atoms with Gasteiger partial charge in [0.05, 0.1) is 6.04 Å². The molecule has 108 valence electrons. The summed E-state index contributed by atoms with van der Waals surface area (Å²) in [5.41, 5.74) is 2.79. The van der Waals surface area contributed by atoms with Crippen molar-refractivity contribution in [3.05, 3.63) is 35.4 Å². The van der Waals surface area contributed by atoms with E-state index in [0.717, 1.165) is 25.9 Å². The topological polar surface area (TPSA) is 32.3 Å². The summed E-state index contributed by atoms with van der Waals surface area (Å²) in [5, 5.41) is 3.51. The van der Waals surface area contributed by atoms with E-state index in [1.165, 1.54) is 30.4 Å². The third-order valence-electron chi connectivity index (χ3n) is 4.70. The highest BCUT2D eigenvalue weighted by atomic mass is 16.2. The number of nitrogens with zero attached hydrogens (tertiary/aromatic N) is 1. The quantitative estimate of drug-likeness (QED) is 0.917. The Kier molecular flexibility index (Phi) is 4.06. The Bertz CT molecular complexity index is 480. The van der Waals surface area contributed by atoms with Crippen molar-refractivity contribution < 1.29 is 4.79 Å². The van der Waals surface area contributed by atoms with Crippen molar-refractivity contribution in [2.45, 2.75) is 51.1 Å². The minimum Gasteiger partial charge on any atom is -0.334 e. The van der Waals surface area contributed by atoms with Gasteiger partial charge in [0, 0.05) is 19.5 Å². The lowest BCUT2D eigenvalue weighted by Gasteiger charge is -2.37. The number of hydrogen-bond acceptors (Lipinski definition) is 2. The van der Waals surface area contributed by atoms with Gasteiger partial charge in [-0.25, -0.2) is 0 Å². The average Bonchev–Trinajstić information content (AvgIpc) is 2.97. The zero-order chi connectivity index (χ0) is 13.9. The fraction of sp³-hybridized carbons (Fsp3) is 0.588. The van der Waals surface area contributed by atoms with Crippen LogP contribution in [0.4, 0.5) is 0 Å². The van der Waals surface area contributed by atoms with Crippen LogP contribution in [-0.2, 0) is 11.2 Å². The molecule has 3 nitrogen and oxygen atoms in total. The molecule has 3 heteroatoms. The number of amides is 1. The van der Waals surface area contributed by atoms with Crippen molar-refractivity contribution in [3.8, 4) is 0 Å². The molecule has 0 radical (unpaired) electrons. The van der Waals surface area contributed by atoms with Crippen LogP contribution in [0.5, 0.6) is 0 Å². The van der Waals surface area contributed by atoms with Crippen LogP contribution in [0.25, 0.3) is 0 Å². The van der Waals surface area contributed by atoms with Crippen LogP contribution in [0.1, 0.15) is 49.8 Å². The van der Waals surface area contributed by atoms with Crippen LogP contribution < -0.4 is 5.32 Å². The molecule has 1 aliphatic heterocycles. The van der Waals surface area contributed by atoms with Crippen molar-refractivity contribution in [1.82, 2.24) is 10.2 Å². The van der Waals surface area contributed by atoms with Gasteiger partial charge in [-0.3, -0.25) is 4.79 Å². The Hall–Kier alpha value is -1.35. The molecule has 1 aliphatic carbocycles. The van der Waals surface area contributed by atoms with Gasteiger partial charge in [-0.2, -0.15) is 0 Å². The summed E-state index contributed by atoms with van der Waals surface area (Å²) in [7, 11) is 0. The molecule has 1 N–H and O–H groups in total. The second-order valence-electron chi connectivity index (χ2n) is 6.07. The molecule has 0 saturated carbocycles. The maximum Gasteiger partial charge on any atom is 0.220 e. The molecular formula is C17H24N2O. The molecule has 1 aromatic rings. The van der Waals surface area contributed by atoms with E-state index >= 15 is 0 Å². The predicted molar refractivity (Wildman–Crippen MR) is 80.5 cm³/mol. The SMILES string of the molecule is CC(=O)N(C[C@@H]1CCCN1)[C@@H]1CCCc2ccccc21. The van der Waals surface area contributed by atoms with E-state index < -0.39 is 0 Å². The van der Waals surface area contributed by atoms with E-state index in [9.17, 15) is 4.79 Å². The first-order valence-electron chi connectivity index (χ1n) is 7.84. The number of fused-ring (bicyclic) bond motifs is 1. The molecule has 1 fully saturated rings. The maximum atomic E-state index is 12.1. The molecule has 1 aromatic carbocycles. The Balaban J connectivity index is 1.82. The monoisotopic (exact) mass is 272 g/mol. The molecule has 1 amide bonds. The molecule has 1 saturated heterocycles. The minimum atomic E-state index is 0.209. The lowest BCUT2D eigenvalue weighted by atomic mass is 9.86. The molecule has 2 atom stereocenters. The molecule has 3 rings (SSSR count). The fourth-order valence-electron chi connectivity index (χ4n) is 3.68. The largest absolute Gasteiger partial charge is 0.334 e. The van der Waals surface area contributed by atoms with Gasteiger partial charge in [0.2, 0.25) is 5.91 Å². The van der Waals surface area contributed by atoms with E-state index in [-0.39, 0.29) is 11.9 Å². The van der Waals surface area contributed by atoms with E-state index in [1.54, 1.807) is 6.92 Å². The van der Waals surface area contributed by atoms with Crippen LogP contribution in [0.3, 0.4) is 0 Å². The van der Waals surface area contributed by atoms with Crippen molar-refractivity contribution in [2.24, 2.45) is 0 Å². The van der Waals surface area contributed by atoms with E-state index in [1.807, 2.05) is 0 Å². The normalized spacial score (nSPS) is 25.2. The number of carbonyl (C=O) groups excluding carboxylic acids is 1. The number of benzene rings is 1. The van der Waals surface area contributed by atoms with Crippen LogP contribution in [-0.4, -0.2) is 29.9 Å². The third-order valence-corrected chi connectivity index (χ3v) is 4.70. The smallest absolute Gasteiger partial charge is 0.220 e. The summed E-state index contributed by atoms with van der Waals surface area (Å²) in [4.78, 5) is 14.2. The molecule has 0 spiro atoms. The highest BCUT2D eigenvalue weighted by Gasteiger charge is 2.29. The number of hydrogen-bond donors (Lipinski definition) is 1. The zero-order valence-corrected chi connectivity index (χ0v) is 12.3. The van der Waals surface area contributed by atoms with Crippen molar-refractivity contribution in [2.75, 3.05) is 13.1 Å². The van der Waals surface area contributed by atoms with Gasteiger partial charge in [-0.15, -0.1) is 0 Å². The highest BCUT2D eigenvalue weighted by Crippen LogP contribution is 2.34. The van der Waals surface area contributed by atoms with Gasteiger partial charge in [-0.1, -0.05) is 24.3 Å². The first-order chi connectivity index (χ1) is 9.75. The minimum absolute atomic E-state index is 0.209. The third kappa shape index (κ3) is 2.73. The summed E-state index contributed by atoms with van der Waals surface area (Å²) in [6.45, 7) is 3.66. The van der Waals surface area contributed by atoms with Gasteiger partial charge >= 0.3 is 0 Å². The van der Waals surface area contributed by atoms with E-state index in [4.69, 9.17) is 0 Å². The molecular weight excluding hydrogens is 248 g/mol. The number of aryl methyl sites for hydroxylation is 1. The van der Waals surface area contributed by atoms with Crippen LogP contribution in [0, 0.1) is 0 Å². The molecule has 0 bridgehead atoms. The van der Waals surface area contributed by atoms with E-state index in [2.05, 4.69) is 34.5 Å². The Labute approximate surface area is 121 Å². The van der Waals surface area contributed by atoms with Gasteiger partial charge in [0.15, 0.2) is 0 Å². The summed E-state index contributed by atoms with van der Waals surface area (Å²) in [6.07, 6.45) is 5.86.